The Morgan fingerprint density at radius 1 is 1.37 bits per heavy atom. The van der Waals surface area contributed by atoms with E-state index in [1.165, 1.54) is 0 Å². The Balaban J connectivity index is 2.46. The number of rotatable bonds is 6. The van der Waals surface area contributed by atoms with Gasteiger partial charge in [-0.1, -0.05) is 49.8 Å². The predicted molar refractivity (Wildman–Crippen MR) is 83.3 cm³/mol. The third-order valence-corrected chi connectivity index (χ3v) is 3.39. The number of carbonyl (C=O) groups excluding carboxylic acids is 1. The average molecular weight is 299 g/mol. The van der Waals surface area contributed by atoms with Crippen molar-refractivity contribution in [3.05, 3.63) is 34.9 Å². The third-order valence-electron chi connectivity index (χ3n) is 2.88. The van der Waals surface area contributed by atoms with Gasteiger partial charge in [-0.2, -0.15) is 0 Å². The Morgan fingerprint density at radius 2 is 1.95 bits per heavy atom. The van der Waals surface area contributed by atoms with E-state index in [1.54, 1.807) is 0 Å². The van der Waals surface area contributed by atoms with Gasteiger partial charge in [0.25, 0.3) is 0 Å². The summed E-state index contributed by atoms with van der Waals surface area (Å²) in [6, 6.07) is 7.57. The van der Waals surface area contributed by atoms with E-state index in [2.05, 4.69) is 5.32 Å². The predicted octanol–water partition coefficient (Wildman–Crippen LogP) is 2.56. The van der Waals surface area contributed by atoms with Gasteiger partial charge in [-0.15, -0.1) is 0 Å². The number of hydrogen-bond acceptors (Lipinski definition) is 2. The van der Waals surface area contributed by atoms with Crippen LogP contribution in [0.4, 0.5) is 0 Å². The zero-order chi connectivity index (χ0) is 14.4. The summed E-state index contributed by atoms with van der Waals surface area (Å²) in [6.07, 6.45) is 0.755. The molecule has 1 atom stereocenters. The highest BCUT2D eigenvalue weighted by Gasteiger charge is 2.24. The van der Waals surface area contributed by atoms with Crippen LogP contribution in [0.25, 0.3) is 0 Å². The molecule has 1 aromatic rings. The summed E-state index contributed by atoms with van der Waals surface area (Å²) in [6.45, 7) is 4.43. The number of amides is 1. The van der Waals surface area contributed by atoms with E-state index in [4.69, 9.17) is 29.6 Å². The summed E-state index contributed by atoms with van der Waals surface area (Å²) in [4.78, 5) is 12.2. The summed E-state index contributed by atoms with van der Waals surface area (Å²) in [5.74, 6) is -0.398. The average Bonchev–Trinajstić information content (AvgIpc) is 2.30. The summed E-state index contributed by atoms with van der Waals surface area (Å²) < 4.78 is 0. The van der Waals surface area contributed by atoms with E-state index in [9.17, 15) is 4.79 Å². The van der Waals surface area contributed by atoms with Crippen LogP contribution < -0.4 is 11.1 Å². The molecule has 0 spiro atoms. The fraction of sp³-hybridized carbons (Fsp3) is 0.429. The Labute approximate surface area is 124 Å². The number of thiocarbonyl (C=S) groups is 1. The molecule has 1 rings (SSSR count). The minimum atomic E-state index is -0.403. The van der Waals surface area contributed by atoms with Crippen LogP contribution in [0.3, 0.4) is 0 Å². The molecule has 1 amide bonds. The standard InChI is InChI=1S/C14H19ClN2OS/c1-9(2)12(13(16)19)14(18)17-8-7-10-3-5-11(15)6-4-10/h3-6,9,12H,7-8H2,1-2H3,(H2,16,19)(H,17,18). The van der Waals surface area contributed by atoms with E-state index in [1.807, 2.05) is 38.1 Å². The first-order valence-corrected chi connectivity index (χ1v) is 7.02. The Kier molecular flexibility index (Phi) is 6.25. The minimum Gasteiger partial charge on any atom is -0.393 e. The van der Waals surface area contributed by atoms with Crippen molar-refractivity contribution in [3.63, 3.8) is 0 Å². The zero-order valence-corrected chi connectivity index (χ0v) is 12.7. The monoisotopic (exact) mass is 298 g/mol. The molecule has 5 heteroatoms. The number of carbonyl (C=O) groups is 1. The fourth-order valence-electron chi connectivity index (χ4n) is 1.85. The van der Waals surface area contributed by atoms with Crippen molar-refractivity contribution in [3.8, 4) is 0 Å². The smallest absolute Gasteiger partial charge is 0.230 e. The number of nitrogens with two attached hydrogens (primary N) is 1. The zero-order valence-electron chi connectivity index (χ0n) is 11.2. The van der Waals surface area contributed by atoms with Gasteiger partial charge in [-0.3, -0.25) is 4.79 Å². The summed E-state index contributed by atoms with van der Waals surface area (Å²) in [7, 11) is 0. The van der Waals surface area contributed by atoms with Crippen molar-refractivity contribution in [1.29, 1.82) is 0 Å². The highest BCUT2D eigenvalue weighted by atomic mass is 35.5. The van der Waals surface area contributed by atoms with Gasteiger partial charge in [-0.25, -0.2) is 0 Å². The van der Waals surface area contributed by atoms with Crippen molar-refractivity contribution in [2.24, 2.45) is 17.6 Å². The quantitative estimate of drug-likeness (QED) is 0.794. The van der Waals surface area contributed by atoms with E-state index in [0.717, 1.165) is 12.0 Å². The maximum atomic E-state index is 12.0. The second kappa shape index (κ2) is 7.46. The molecule has 0 saturated heterocycles. The van der Waals surface area contributed by atoms with Crippen LogP contribution in [-0.4, -0.2) is 17.4 Å². The molecule has 3 N–H and O–H groups in total. The lowest BCUT2D eigenvalue weighted by Gasteiger charge is -2.18. The molecule has 0 heterocycles. The van der Waals surface area contributed by atoms with Gasteiger partial charge in [-0.05, 0) is 30.0 Å². The topological polar surface area (TPSA) is 55.1 Å². The van der Waals surface area contributed by atoms with Crippen LogP contribution in [0.2, 0.25) is 5.02 Å². The highest BCUT2D eigenvalue weighted by Crippen LogP contribution is 2.12. The van der Waals surface area contributed by atoms with E-state index in [-0.39, 0.29) is 16.8 Å². The van der Waals surface area contributed by atoms with Gasteiger partial charge < -0.3 is 11.1 Å². The Bertz CT molecular complexity index is 445. The molecule has 0 aliphatic carbocycles. The van der Waals surface area contributed by atoms with Gasteiger partial charge in [0, 0.05) is 11.6 Å². The molecular formula is C14H19ClN2OS. The summed E-state index contributed by atoms with van der Waals surface area (Å²) in [5.41, 5.74) is 6.72. The van der Waals surface area contributed by atoms with E-state index in [0.29, 0.717) is 11.6 Å². The molecule has 1 aromatic carbocycles. The third kappa shape index (κ3) is 5.17. The van der Waals surface area contributed by atoms with Crippen LogP contribution in [0.5, 0.6) is 0 Å². The van der Waals surface area contributed by atoms with Gasteiger partial charge in [0.15, 0.2) is 0 Å². The molecule has 1 unspecified atom stereocenters. The van der Waals surface area contributed by atoms with Gasteiger partial charge >= 0.3 is 0 Å². The maximum Gasteiger partial charge on any atom is 0.230 e. The SMILES string of the molecule is CC(C)C(C(=O)NCCc1ccc(Cl)cc1)C(N)=S. The molecule has 3 nitrogen and oxygen atoms in total. The second-order valence-electron chi connectivity index (χ2n) is 4.79. The van der Waals surface area contributed by atoms with Crippen molar-refractivity contribution in [2.75, 3.05) is 6.54 Å². The van der Waals surface area contributed by atoms with Crippen LogP contribution in [0.1, 0.15) is 19.4 Å². The normalized spacial score (nSPS) is 12.2. The lowest BCUT2D eigenvalue weighted by molar-refractivity contribution is -0.123. The van der Waals surface area contributed by atoms with Crippen molar-refractivity contribution < 1.29 is 4.79 Å². The molecule has 0 saturated carbocycles. The first-order chi connectivity index (χ1) is 8.91. The van der Waals surface area contributed by atoms with Crippen LogP contribution >= 0.6 is 23.8 Å². The number of benzene rings is 1. The van der Waals surface area contributed by atoms with Crippen LogP contribution in [0, 0.1) is 11.8 Å². The number of halogens is 1. The van der Waals surface area contributed by atoms with Crippen molar-refractivity contribution in [2.45, 2.75) is 20.3 Å². The largest absolute Gasteiger partial charge is 0.393 e. The van der Waals surface area contributed by atoms with Crippen molar-refractivity contribution >= 4 is 34.7 Å². The summed E-state index contributed by atoms with van der Waals surface area (Å²) >= 11 is 10.7. The first kappa shape index (κ1) is 15.9. The van der Waals surface area contributed by atoms with Gasteiger partial charge in [0.1, 0.15) is 0 Å². The van der Waals surface area contributed by atoms with Crippen molar-refractivity contribution in [1.82, 2.24) is 5.32 Å². The highest BCUT2D eigenvalue weighted by molar-refractivity contribution is 7.80. The lowest BCUT2D eigenvalue weighted by atomic mass is 9.95. The van der Waals surface area contributed by atoms with Crippen LogP contribution in [0.15, 0.2) is 24.3 Å². The molecule has 0 fully saturated rings. The van der Waals surface area contributed by atoms with Crippen LogP contribution in [-0.2, 0) is 11.2 Å². The maximum absolute atomic E-state index is 12.0. The molecule has 0 bridgehead atoms. The molecular weight excluding hydrogens is 280 g/mol. The molecule has 0 radical (unpaired) electrons. The Morgan fingerprint density at radius 3 is 2.42 bits per heavy atom. The Hall–Kier alpha value is -1.13. The number of nitrogens with one attached hydrogen (secondary N) is 1. The molecule has 0 aliphatic heterocycles. The number of hydrogen-bond donors (Lipinski definition) is 2. The first-order valence-electron chi connectivity index (χ1n) is 6.23. The minimum absolute atomic E-state index is 0.100. The molecule has 19 heavy (non-hydrogen) atoms. The molecule has 0 aliphatic rings. The van der Waals surface area contributed by atoms with E-state index < -0.39 is 5.92 Å². The van der Waals surface area contributed by atoms with Gasteiger partial charge in [0.05, 0.1) is 10.9 Å². The van der Waals surface area contributed by atoms with Gasteiger partial charge in [0.2, 0.25) is 5.91 Å². The van der Waals surface area contributed by atoms with E-state index >= 15 is 0 Å². The lowest BCUT2D eigenvalue weighted by Crippen LogP contribution is -2.41. The molecule has 104 valence electrons. The summed E-state index contributed by atoms with van der Waals surface area (Å²) in [5, 5.41) is 3.58. The fourth-order valence-corrected chi connectivity index (χ4v) is 2.36. The molecule has 0 aromatic heterocycles. The second-order valence-corrected chi connectivity index (χ2v) is 5.70.